The molecule has 1 aliphatic carbocycles. The Morgan fingerprint density at radius 2 is 1.36 bits per heavy atom. The minimum absolute atomic E-state index is 0. The van der Waals surface area contributed by atoms with E-state index in [1.54, 1.807) is 0 Å². The lowest BCUT2D eigenvalue weighted by atomic mass is 9.74. The van der Waals surface area contributed by atoms with Gasteiger partial charge in [-0.1, -0.05) is 55.7 Å². The fraction of sp³-hybridized carbons (Fsp3) is 0.478. The number of para-hydroxylation sites is 2. The molecule has 2 aromatic carbocycles. The number of benzene rings is 2. The molecule has 0 unspecified atom stereocenters. The molecule has 4 rings (SSSR count). The van der Waals surface area contributed by atoms with Gasteiger partial charge >= 0.3 is 0 Å². The lowest BCUT2D eigenvalue weighted by Crippen LogP contribution is -2.56. The third-order valence-corrected chi connectivity index (χ3v) is 6.30. The second-order valence-electron chi connectivity index (χ2n) is 7.60. The van der Waals surface area contributed by atoms with E-state index < -0.39 is 0 Å². The van der Waals surface area contributed by atoms with Crippen molar-refractivity contribution in [2.24, 2.45) is 0 Å². The average molecular weight is 423 g/mol. The molecule has 0 amide bonds. The Morgan fingerprint density at radius 3 is 2.00 bits per heavy atom. The molecule has 0 radical (unpaired) electrons. The molecule has 1 saturated heterocycles. The van der Waals surface area contributed by atoms with Gasteiger partial charge in [-0.15, -0.1) is 24.8 Å². The van der Waals surface area contributed by atoms with E-state index in [9.17, 15) is 0 Å². The molecule has 1 aliphatic heterocycles. The summed E-state index contributed by atoms with van der Waals surface area (Å²) in [7, 11) is 1.81. The van der Waals surface area contributed by atoms with Crippen molar-refractivity contribution in [3.8, 4) is 5.75 Å². The number of piperazine rings is 1. The first-order chi connectivity index (χ1) is 12.8. The number of nitrogens with zero attached hydrogens (tertiary/aromatic N) is 2. The molecule has 0 N–H and O–H groups in total. The maximum absolute atomic E-state index is 5.77. The van der Waals surface area contributed by atoms with E-state index in [1.165, 1.54) is 43.4 Å². The van der Waals surface area contributed by atoms with Crippen LogP contribution in [0.25, 0.3) is 0 Å². The van der Waals surface area contributed by atoms with Crippen LogP contribution in [0.5, 0.6) is 5.75 Å². The number of methoxy groups -OCH3 is 1. The maximum atomic E-state index is 5.77. The Bertz CT molecular complexity index is 712. The normalized spacial score (nSPS) is 19.2. The predicted octanol–water partition coefficient (Wildman–Crippen LogP) is 5.52. The third-order valence-electron chi connectivity index (χ3n) is 6.30. The van der Waals surface area contributed by atoms with Crippen LogP contribution < -0.4 is 9.64 Å². The first-order valence-electron chi connectivity index (χ1n) is 10.0. The molecule has 1 saturated carbocycles. The molecule has 2 fully saturated rings. The Hall–Kier alpha value is -1.42. The number of anilines is 1. The van der Waals surface area contributed by atoms with Crippen LogP contribution in [0.15, 0.2) is 54.6 Å². The number of hydrogen-bond acceptors (Lipinski definition) is 3. The predicted molar refractivity (Wildman–Crippen MR) is 122 cm³/mol. The van der Waals surface area contributed by atoms with Crippen molar-refractivity contribution < 1.29 is 4.74 Å². The highest BCUT2D eigenvalue weighted by atomic mass is 35.5. The van der Waals surface area contributed by atoms with Crippen LogP contribution in [0.3, 0.4) is 0 Å². The zero-order valence-corrected chi connectivity index (χ0v) is 18.3. The van der Waals surface area contributed by atoms with E-state index in [1.807, 2.05) is 7.11 Å². The Balaban J connectivity index is 0.00000140. The molecule has 0 bridgehead atoms. The van der Waals surface area contributed by atoms with Crippen LogP contribution in [0.2, 0.25) is 0 Å². The first kappa shape index (κ1) is 22.9. The quantitative estimate of drug-likeness (QED) is 0.644. The second kappa shape index (κ2) is 10.4. The summed E-state index contributed by atoms with van der Waals surface area (Å²) in [5.74, 6) is 1.06. The van der Waals surface area contributed by atoms with Gasteiger partial charge in [-0.2, -0.15) is 0 Å². The summed E-state index contributed by atoms with van der Waals surface area (Å²) in [4.78, 5) is 5.28. The fourth-order valence-corrected chi connectivity index (χ4v) is 4.95. The zero-order chi connectivity index (χ0) is 17.8. The van der Waals surface area contributed by atoms with Gasteiger partial charge in [-0.3, -0.25) is 4.90 Å². The van der Waals surface area contributed by atoms with Crippen molar-refractivity contribution in [3.63, 3.8) is 0 Å². The molecule has 5 heteroatoms. The standard InChI is InChI=1S/C23H30N2O.2ClH/c1-26-22-13-7-6-12-21(22)23(14-8-3-9-15-23)25-18-16-24(17-19-25)20-10-4-2-5-11-20;;/h2,4-7,10-13H,3,8-9,14-19H2,1H3;2*1H. The molecule has 2 aliphatic rings. The van der Waals surface area contributed by atoms with Gasteiger partial charge in [-0.25, -0.2) is 0 Å². The van der Waals surface area contributed by atoms with Crippen LogP contribution in [0, 0.1) is 0 Å². The fourth-order valence-electron chi connectivity index (χ4n) is 4.95. The molecule has 0 atom stereocenters. The van der Waals surface area contributed by atoms with E-state index in [-0.39, 0.29) is 30.4 Å². The number of ether oxygens (including phenoxy) is 1. The summed E-state index contributed by atoms with van der Waals surface area (Å²) in [6.45, 7) is 4.43. The highest BCUT2D eigenvalue weighted by molar-refractivity contribution is 5.85. The van der Waals surface area contributed by atoms with Gasteiger partial charge in [0.05, 0.1) is 7.11 Å². The Labute approximate surface area is 181 Å². The van der Waals surface area contributed by atoms with Gasteiger partial charge in [0.15, 0.2) is 0 Å². The minimum Gasteiger partial charge on any atom is -0.496 e. The minimum atomic E-state index is 0. The number of hydrogen-bond donors (Lipinski definition) is 0. The topological polar surface area (TPSA) is 15.7 Å². The highest BCUT2D eigenvalue weighted by Gasteiger charge is 2.42. The summed E-state index contributed by atoms with van der Waals surface area (Å²) < 4.78 is 5.77. The third kappa shape index (κ3) is 4.42. The van der Waals surface area contributed by atoms with E-state index >= 15 is 0 Å². The molecule has 154 valence electrons. The molecular formula is C23H32Cl2N2O. The number of rotatable bonds is 4. The van der Waals surface area contributed by atoms with Crippen LogP contribution >= 0.6 is 24.8 Å². The molecule has 28 heavy (non-hydrogen) atoms. The lowest BCUT2D eigenvalue weighted by molar-refractivity contribution is 0.0396. The Kier molecular flexibility index (Phi) is 8.48. The molecule has 0 spiro atoms. The van der Waals surface area contributed by atoms with Crippen molar-refractivity contribution in [2.75, 3.05) is 38.2 Å². The summed E-state index contributed by atoms with van der Waals surface area (Å²) >= 11 is 0. The van der Waals surface area contributed by atoms with Crippen LogP contribution in [-0.2, 0) is 5.54 Å². The summed E-state index contributed by atoms with van der Waals surface area (Å²) in [6, 6.07) is 19.5. The molecular weight excluding hydrogens is 391 g/mol. The van der Waals surface area contributed by atoms with Crippen molar-refractivity contribution in [1.29, 1.82) is 0 Å². The highest BCUT2D eigenvalue weighted by Crippen LogP contribution is 2.46. The zero-order valence-electron chi connectivity index (χ0n) is 16.7. The Morgan fingerprint density at radius 1 is 0.750 bits per heavy atom. The average Bonchev–Trinajstić information content (AvgIpc) is 2.75. The van der Waals surface area contributed by atoms with E-state index in [4.69, 9.17) is 4.74 Å². The largest absolute Gasteiger partial charge is 0.496 e. The SMILES string of the molecule is COc1ccccc1C1(N2CCN(c3ccccc3)CC2)CCCCC1.Cl.Cl. The van der Waals surface area contributed by atoms with Crippen LogP contribution in [-0.4, -0.2) is 38.2 Å². The van der Waals surface area contributed by atoms with Crippen molar-refractivity contribution >= 4 is 30.5 Å². The van der Waals surface area contributed by atoms with Crippen molar-refractivity contribution in [1.82, 2.24) is 4.90 Å². The van der Waals surface area contributed by atoms with Gasteiger partial charge in [0.1, 0.15) is 5.75 Å². The number of halogens is 2. The molecule has 0 aromatic heterocycles. The summed E-state index contributed by atoms with van der Waals surface area (Å²) in [5.41, 5.74) is 2.89. The smallest absolute Gasteiger partial charge is 0.123 e. The van der Waals surface area contributed by atoms with E-state index in [0.29, 0.717) is 0 Å². The lowest BCUT2D eigenvalue weighted by Gasteiger charge is -2.50. The van der Waals surface area contributed by atoms with Crippen LogP contribution in [0.1, 0.15) is 37.7 Å². The van der Waals surface area contributed by atoms with Crippen molar-refractivity contribution in [3.05, 3.63) is 60.2 Å². The molecule has 1 heterocycles. The van der Waals surface area contributed by atoms with Gasteiger partial charge in [0, 0.05) is 43.0 Å². The van der Waals surface area contributed by atoms with Gasteiger partial charge in [-0.05, 0) is 31.0 Å². The molecule has 3 nitrogen and oxygen atoms in total. The van der Waals surface area contributed by atoms with E-state index in [2.05, 4.69) is 64.4 Å². The second-order valence-corrected chi connectivity index (χ2v) is 7.60. The van der Waals surface area contributed by atoms with Gasteiger partial charge < -0.3 is 9.64 Å². The van der Waals surface area contributed by atoms with Gasteiger partial charge in [0.2, 0.25) is 0 Å². The van der Waals surface area contributed by atoms with E-state index in [0.717, 1.165) is 31.9 Å². The summed E-state index contributed by atoms with van der Waals surface area (Å²) in [6.07, 6.45) is 6.49. The monoisotopic (exact) mass is 422 g/mol. The first-order valence-corrected chi connectivity index (χ1v) is 10.0. The maximum Gasteiger partial charge on any atom is 0.123 e. The van der Waals surface area contributed by atoms with Crippen LogP contribution in [0.4, 0.5) is 5.69 Å². The van der Waals surface area contributed by atoms with Gasteiger partial charge in [0.25, 0.3) is 0 Å². The molecule has 2 aromatic rings. The van der Waals surface area contributed by atoms with Crippen molar-refractivity contribution in [2.45, 2.75) is 37.6 Å². The summed E-state index contributed by atoms with van der Waals surface area (Å²) in [5, 5.41) is 0.